The maximum atomic E-state index is 11.7. The third-order valence-electron chi connectivity index (χ3n) is 3.33. The zero-order chi connectivity index (χ0) is 12.2. The summed E-state index contributed by atoms with van der Waals surface area (Å²) in [6.45, 7) is 7.84. The second-order valence-electron chi connectivity index (χ2n) is 5.03. The molecule has 2 N–H and O–H groups in total. The van der Waals surface area contributed by atoms with Crippen molar-refractivity contribution in [2.75, 3.05) is 10.6 Å². The van der Waals surface area contributed by atoms with Crippen LogP contribution in [-0.2, 0) is 10.2 Å². The summed E-state index contributed by atoms with van der Waals surface area (Å²) in [5.74, 6) is 2.08. The minimum atomic E-state index is -0.233. The highest BCUT2D eigenvalue weighted by molar-refractivity contribution is 5.96. The molecule has 0 aromatic carbocycles. The molecule has 3 heterocycles. The molecule has 0 radical (unpaired) electrons. The molecule has 5 nitrogen and oxygen atoms in total. The van der Waals surface area contributed by atoms with Gasteiger partial charge >= 0.3 is 0 Å². The standard InChI is InChI=1S/C12H14N4O/c1-6-4-12(3)5-8(17)16-11-9(12)10(13-6)14-7(2)15-11/h1,4-5H2,2-3H3,(H2,13,14,15,16,17). The number of hydrogen-bond donors (Lipinski definition) is 2. The molecule has 1 aromatic rings. The normalized spacial score (nSPS) is 26.0. The molecule has 1 unspecified atom stereocenters. The molecule has 0 saturated carbocycles. The minimum absolute atomic E-state index is 0.0127. The minimum Gasteiger partial charge on any atom is -0.344 e. The Labute approximate surface area is 99.4 Å². The number of carbonyl (C=O) groups is 1. The lowest BCUT2D eigenvalue weighted by atomic mass is 9.72. The quantitative estimate of drug-likeness (QED) is 0.712. The van der Waals surface area contributed by atoms with Gasteiger partial charge in [0.25, 0.3) is 0 Å². The molecular formula is C12H14N4O. The summed E-state index contributed by atoms with van der Waals surface area (Å²) in [6, 6.07) is 0. The molecule has 3 rings (SSSR count). The number of hydrogen-bond acceptors (Lipinski definition) is 4. The largest absolute Gasteiger partial charge is 0.344 e. The van der Waals surface area contributed by atoms with E-state index in [4.69, 9.17) is 0 Å². The van der Waals surface area contributed by atoms with Crippen LogP contribution in [0.1, 0.15) is 31.2 Å². The predicted octanol–water partition coefficient (Wildman–Crippen LogP) is 1.71. The highest BCUT2D eigenvalue weighted by atomic mass is 16.1. The molecule has 2 aliphatic heterocycles. The van der Waals surface area contributed by atoms with Crippen molar-refractivity contribution < 1.29 is 4.79 Å². The Balaban J connectivity index is 2.29. The maximum absolute atomic E-state index is 11.7. The van der Waals surface area contributed by atoms with E-state index in [1.807, 2.05) is 6.92 Å². The number of carbonyl (C=O) groups excluding carboxylic acids is 1. The smallest absolute Gasteiger partial charge is 0.226 e. The van der Waals surface area contributed by atoms with E-state index in [2.05, 4.69) is 34.1 Å². The van der Waals surface area contributed by atoms with Crippen molar-refractivity contribution in [2.24, 2.45) is 0 Å². The first-order valence-corrected chi connectivity index (χ1v) is 5.62. The van der Waals surface area contributed by atoms with Gasteiger partial charge in [0.2, 0.25) is 5.91 Å². The van der Waals surface area contributed by atoms with Crippen LogP contribution in [0.4, 0.5) is 11.6 Å². The first kappa shape index (κ1) is 10.3. The molecule has 0 bridgehead atoms. The van der Waals surface area contributed by atoms with E-state index in [0.717, 1.165) is 23.5 Å². The molecule has 0 aliphatic carbocycles. The van der Waals surface area contributed by atoms with Crippen molar-refractivity contribution in [3.63, 3.8) is 0 Å². The fraction of sp³-hybridized carbons (Fsp3) is 0.417. The van der Waals surface area contributed by atoms with Crippen LogP contribution >= 0.6 is 0 Å². The number of nitrogens with one attached hydrogen (secondary N) is 2. The van der Waals surface area contributed by atoms with Crippen LogP contribution in [0.25, 0.3) is 0 Å². The first-order valence-electron chi connectivity index (χ1n) is 5.62. The second kappa shape index (κ2) is 3.06. The Kier molecular flexibility index (Phi) is 1.85. The lowest BCUT2D eigenvalue weighted by molar-refractivity contribution is -0.117. The summed E-state index contributed by atoms with van der Waals surface area (Å²) in [4.78, 5) is 20.4. The van der Waals surface area contributed by atoms with Crippen LogP contribution in [0.5, 0.6) is 0 Å². The fourth-order valence-electron chi connectivity index (χ4n) is 2.78. The predicted molar refractivity (Wildman–Crippen MR) is 64.7 cm³/mol. The van der Waals surface area contributed by atoms with E-state index in [9.17, 15) is 4.79 Å². The molecule has 0 saturated heterocycles. The Bertz CT molecular complexity index is 508. The van der Waals surface area contributed by atoms with Crippen LogP contribution < -0.4 is 10.6 Å². The van der Waals surface area contributed by atoms with Crippen LogP contribution in [-0.4, -0.2) is 15.9 Å². The number of anilines is 2. The van der Waals surface area contributed by atoms with Crippen molar-refractivity contribution in [1.29, 1.82) is 0 Å². The van der Waals surface area contributed by atoms with Gasteiger partial charge in [-0.25, -0.2) is 9.97 Å². The Morgan fingerprint density at radius 3 is 2.59 bits per heavy atom. The van der Waals surface area contributed by atoms with Crippen molar-refractivity contribution >= 4 is 17.5 Å². The summed E-state index contributed by atoms with van der Waals surface area (Å²) in [6.07, 6.45) is 1.20. The summed E-state index contributed by atoms with van der Waals surface area (Å²) in [7, 11) is 0. The number of nitrogens with zero attached hydrogens (tertiary/aromatic N) is 2. The van der Waals surface area contributed by atoms with Crippen molar-refractivity contribution in [3.8, 4) is 0 Å². The van der Waals surface area contributed by atoms with E-state index in [1.165, 1.54) is 0 Å². The van der Waals surface area contributed by atoms with Gasteiger partial charge in [0.1, 0.15) is 17.5 Å². The topological polar surface area (TPSA) is 66.9 Å². The van der Waals surface area contributed by atoms with Crippen molar-refractivity contribution in [3.05, 3.63) is 23.7 Å². The highest BCUT2D eigenvalue weighted by Gasteiger charge is 2.42. The van der Waals surface area contributed by atoms with Gasteiger partial charge in [0.15, 0.2) is 0 Å². The molecule has 1 amide bonds. The fourth-order valence-corrected chi connectivity index (χ4v) is 2.78. The number of rotatable bonds is 0. The number of aromatic nitrogens is 2. The molecule has 5 heteroatoms. The van der Waals surface area contributed by atoms with E-state index in [0.29, 0.717) is 18.1 Å². The first-order chi connectivity index (χ1) is 7.98. The van der Waals surface area contributed by atoms with Gasteiger partial charge in [-0.15, -0.1) is 0 Å². The highest BCUT2D eigenvalue weighted by Crippen LogP contribution is 2.47. The van der Waals surface area contributed by atoms with Gasteiger partial charge in [-0.05, 0) is 13.3 Å². The Morgan fingerprint density at radius 2 is 1.88 bits per heavy atom. The van der Waals surface area contributed by atoms with Crippen LogP contribution in [0.3, 0.4) is 0 Å². The van der Waals surface area contributed by atoms with Crippen LogP contribution in [0.2, 0.25) is 0 Å². The summed E-state index contributed by atoms with van der Waals surface area (Å²) < 4.78 is 0. The van der Waals surface area contributed by atoms with E-state index in [1.54, 1.807) is 0 Å². The molecule has 1 aromatic heterocycles. The molecule has 1 atom stereocenters. The molecule has 17 heavy (non-hydrogen) atoms. The zero-order valence-electron chi connectivity index (χ0n) is 9.92. The van der Waals surface area contributed by atoms with Crippen LogP contribution in [0, 0.1) is 6.92 Å². The Morgan fingerprint density at radius 1 is 1.24 bits per heavy atom. The van der Waals surface area contributed by atoms with Gasteiger partial charge in [-0.3, -0.25) is 4.79 Å². The summed E-state index contributed by atoms with van der Waals surface area (Å²) >= 11 is 0. The van der Waals surface area contributed by atoms with E-state index >= 15 is 0 Å². The third-order valence-corrected chi connectivity index (χ3v) is 3.33. The van der Waals surface area contributed by atoms with Gasteiger partial charge in [0, 0.05) is 23.1 Å². The molecule has 2 aliphatic rings. The number of allylic oxidation sites excluding steroid dienone is 1. The van der Waals surface area contributed by atoms with Crippen LogP contribution in [0.15, 0.2) is 12.3 Å². The van der Waals surface area contributed by atoms with Gasteiger partial charge in [0.05, 0.1) is 0 Å². The van der Waals surface area contributed by atoms with Crippen molar-refractivity contribution in [2.45, 2.75) is 32.1 Å². The average Bonchev–Trinajstić information content (AvgIpc) is 2.11. The molecular weight excluding hydrogens is 216 g/mol. The second-order valence-corrected chi connectivity index (χ2v) is 5.03. The summed E-state index contributed by atoms with van der Waals surface area (Å²) in [5, 5.41) is 6.00. The lowest BCUT2D eigenvalue weighted by Crippen LogP contribution is -2.40. The molecule has 0 spiro atoms. The lowest BCUT2D eigenvalue weighted by Gasteiger charge is -2.40. The maximum Gasteiger partial charge on any atom is 0.226 e. The Hall–Kier alpha value is -1.91. The van der Waals surface area contributed by atoms with E-state index in [-0.39, 0.29) is 11.3 Å². The van der Waals surface area contributed by atoms with Gasteiger partial charge in [-0.1, -0.05) is 13.5 Å². The monoisotopic (exact) mass is 230 g/mol. The molecule has 88 valence electrons. The average molecular weight is 230 g/mol. The van der Waals surface area contributed by atoms with E-state index < -0.39 is 0 Å². The number of aryl methyl sites for hydroxylation is 1. The van der Waals surface area contributed by atoms with Crippen molar-refractivity contribution in [1.82, 2.24) is 9.97 Å². The number of amides is 1. The molecule has 0 fully saturated rings. The van der Waals surface area contributed by atoms with Gasteiger partial charge in [-0.2, -0.15) is 0 Å². The SMILES string of the molecule is C=C1CC2(C)CC(=O)Nc3nc(C)nc(c32)N1. The third kappa shape index (κ3) is 1.42. The summed E-state index contributed by atoms with van der Waals surface area (Å²) in [5.41, 5.74) is 1.68. The van der Waals surface area contributed by atoms with Gasteiger partial charge < -0.3 is 10.6 Å². The zero-order valence-corrected chi connectivity index (χ0v) is 9.92.